The Labute approximate surface area is 111 Å². The molecule has 0 aromatic heterocycles. The van der Waals surface area contributed by atoms with Crippen molar-refractivity contribution in [2.24, 2.45) is 5.73 Å². The molecular weight excluding hydrogens is 268 g/mol. The highest BCUT2D eigenvalue weighted by Crippen LogP contribution is 2.27. The van der Waals surface area contributed by atoms with E-state index in [1.807, 2.05) is 0 Å². The van der Waals surface area contributed by atoms with Gasteiger partial charge in [-0.15, -0.1) is 0 Å². The molecular formula is C12H16N2O4S. The van der Waals surface area contributed by atoms with Gasteiger partial charge in [0.1, 0.15) is 6.04 Å². The number of hydrogen-bond donors (Lipinski definition) is 2. The third-order valence-corrected chi connectivity index (χ3v) is 5.28. The first-order chi connectivity index (χ1) is 8.84. The number of amides is 1. The number of nitrogens with zero attached hydrogens (tertiary/aromatic N) is 1. The summed E-state index contributed by atoms with van der Waals surface area (Å²) in [7, 11) is -3.82. The highest BCUT2D eigenvalue weighted by molar-refractivity contribution is 7.89. The van der Waals surface area contributed by atoms with Gasteiger partial charge in [-0.2, -0.15) is 4.31 Å². The first-order valence-electron chi connectivity index (χ1n) is 5.89. The molecule has 1 saturated heterocycles. The van der Waals surface area contributed by atoms with Gasteiger partial charge in [-0.1, -0.05) is 18.2 Å². The Balaban J connectivity index is 2.45. The number of benzene rings is 1. The summed E-state index contributed by atoms with van der Waals surface area (Å²) < 4.78 is 26.0. The lowest BCUT2D eigenvalue weighted by molar-refractivity contribution is -0.121. The second-order valence-electron chi connectivity index (χ2n) is 4.65. The van der Waals surface area contributed by atoms with E-state index < -0.39 is 28.1 Å². The summed E-state index contributed by atoms with van der Waals surface area (Å²) in [6.07, 6.45) is -0.822. The van der Waals surface area contributed by atoms with Crippen molar-refractivity contribution < 1.29 is 18.3 Å². The van der Waals surface area contributed by atoms with Gasteiger partial charge in [0.25, 0.3) is 0 Å². The number of aryl methyl sites for hydroxylation is 1. The third kappa shape index (κ3) is 2.49. The predicted octanol–water partition coefficient (Wildman–Crippen LogP) is -0.396. The van der Waals surface area contributed by atoms with Crippen molar-refractivity contribution in [2.45, 2.75) is 30.4 Å². The summed E-state index contributed by atoms with van der Waals surface area (Å²) in [5.74, 6) is -0.742. The molecule has 1 amide bonds. The Kier molecular flexibility index (Phi) is 3.62. The van der Waals surface area contributed by atoms with Gasteiger partial charge in [0.2, 0.25) is 15.9 Å². The molecule has 0 radical (unpaired) electrons. The zero-order valence-electron chi connectivity index (χ0n) is 10.5. The van der Waals surface area contributed by atoms with Crippen LogP contribution in [0.3, 0.4) is 0 Å². The van der Waals surface area contributed by atoms with Crippen LogP contribution in [0.25, 0.3) is 0 Å². The van der Waals surface area contributed by atoms with E-state index in [2.05, 4.69) is 0 Å². The van der Waals surface area contributed by atoms with Crippen molar-refractivity contribution in [3.63, 3.8) is 0 Å². The van der Waals surface area contributed by atoms with Gasteiger partial charge in [0.15, 0.2) is 0 Å². The molecule has 7 heteroatoms. The zero-order valence-corrected chi connectivity index (χ0v) is 11.3. The van der Waals surface area contributed by atoms with E-state index >= 15 is 0 Å². The summed E-state index contributed by atoms with van der Waals surface area (Å²) in [5.41, 5.74) is 5.80. The van der Waals surface area contributed by atoms with Crippen LogP contribution in [0.2, 0.25) is 0 Å². The van der Waals surface area contributed by atoms with Gasteiger partial charge in [0, 0.05) is 13.0 Å². The third-order valence-electron chi connectivity index (χ3n) is 3.24. The van der Waals surface area contributed by atoms with Gasteiger partial charge < -0.3 is 10.8 Å². The minimum atomic E-state index is -3.82. The number of rotatable bonds is 3. The number of nitrogens with two attached hydrogens (primary N) is 1. The molecule has 6 nitrogen and oxygen atoms in total. The molecule has 1 heterocycles. The van der Waals surface area contributed by atoms with Crippen molar-refractivity contribution in [3.05, 3.63) is 29.8 Å². The number of primary amides is 1. The summed E-state index contributed by atoms with van der Waals surface area (Å²) in [6.45, 7) is 1.57. The first-order valence-corrected chi connectivity index (χ1v) is 7.33. The average Bonchev–Trinajstić information content (AvgIpc) is 2.72. The molecule has 1 aromatic rings. The first kappa shape index (κ1) is 14.0. The van der Waals surface area contributed by atoms with Crippen molar-refractivity contribution in [1.82, 2.24) is 4.31 Å². The maximum Gasteiger partial charge on any atom is 0.244 e. The van der Waals surface area contributed by atoms with E-state index in [1.54, 1.807) is 25.1 Å². The molecule has 0 bridgehead atoms. The second kappa shape index (κ2) is 4.92. The van der Waals surface area contributed by atoms with E-state index in [4.69, 9.17) is 5.73 Å². The molecule has 3 N–H and O–H groups in total. The van der Waals surface area contributed by atoms with Crippen LogP contribution in [0.4, 0.5) is 0 Å². The summed E-state index contributed by atoms with van der Waals surface area (Å²) in [6, 6.07) is 5.52. The van der Waals surface area contributed by atoms with Crippen LogP contribution in [0, 0.1) is 6.92 Å². The van der Waals surface area contributed by atoms with Crippen LogP contribution < -0.4 is 5.73 Å². The second-order valence-corrected chi connectivity index (χ2v) is 6.51. The monoisotopic (exact) mass is 284 g/mol. The number of hydrogen-bond acceptors (Lipinski definition) is 4. The molecule has 0 spiro atoms. The van der Waals surface area contributed by atoms with E-state index in [0.29, 0.717) is 5.56 Å². The predicted molar refractivity (Wildman–Crippen MR) is 68.7 cm³/mol. The van der Waals surface area contributed by atoms with Crippen LogP contribution in [-0.2, 0) is 14.8 Å². The normalized spacial score (nSPS) is 24.5. The van der Waals surface area contributed by atoms with Gasteiger partial charge in [-0.05, 0) is 18.6 Å². The number of aliphatic hydroxyl groups excluding tert-OH is 1. The SMILES string of the molecule is Cc1ccccc1S(=O)(=O)N1CC(O)CC1C(N)=O. The minimum absolute atomic E-state index is 0.0421. The van der Waals surface area contributed by atoms with E-state index in [0.717, 1.165) is 4.31 Å². The van der Waals surface area contributed by atoms with Gasteiger partial charge >= 0.3 is 0 Å². The Bertz CT molecular complexity index is 600. The van der Waals surface area contributed by atoms with Crippen LogP contribution in [0.15, 0.2) is 29.2 Å². The molecule has 1 aromatic carbocycles. The van der Waals surface area contributed by atoms with Crippen molar-refractivity contribution in [3.8, 4) is 0 Å². The smallest absolute Gasteiger partial charge is 0.244 e. The zero-order chi connectivity index (χ0) is 14.2. The van der Waals surface area contributed by atoms with Gasteiger partial charge in [0.05, 0.1) is 11.0 Å². The molecule has 2 unspecified atom stereocenters. The molecule has 0 aliphatic carbocycles. The highest BCUT2D eigenvalue weighted by Gasteiger charge is 2.42. The molecule has 19 heavy (non-hydrogen) atoms. The lowest BCUT2D eigenvalue weighted by Crippen LogP contribution is -2.43. The van der Waals surface area contributed by atoms with E-state index in [9.17, 15) is 18.3 Å². The Morgan fingerprint density at radius 1 is 1.42 bits per heavy atom. The fourth-order valence-corrected chi connectivity index (χ4v) is 4.15. The molecule has 2 atom stereocenters. The van der Waals surface area contributed by atoms with Gasteiger partial charge in [-0.25, -0.2) is 8.42 Å². The average molecular weight is 284 g/mol. The molecule has 1 aliphatic heterocycles. The summed E-state index contributed by atoms with van der Waals surface area (Å²) >= 11 is 0. The number of aliphatic hydroxyl groups is 1. The number of carbonyl (C=O) groups excluding carboxylic acids is 1. The van der Waals surface area contributed by atoms with Crippen LogP contribution in [-0.4, -0.2) is 42.4 Å². The molecule has 0 saturated carbocycles. The van der Waals surface area contributed by atoms with Crippen LogP contribution in [0.5, 0.6) is 0 Å². The van der Waals surface area contributed by atoms with Crippen LogP contribution >= 0.6 is 0 Å². The summed E-state index contributed by atoms with van der Waals surface area (Å²) in [5, 5.41) is 9.58. The Hall–Kier alpha value is -1.44. The van der Waals surface area contributed by atoms with E-state index in [-0.39, 0.29) is 17.9 Å². The molecule has 1 aliphatic rings. The summed E-state index contributed by atoms with van der Waals surface area (Å²) in [4.78, 5) is 11.5. The Morgan fingerprint density at radius 2 is 2.05 bits per heavy atom. The lowest BCUT2D eigenvalue weighted by atomic mass is 10.2. The minimum Gasteiger partial charge on any atom is -0.392 e. The molecule has 104 valence electrons. The fourth-order valence-electron chi connectivity index (χ4n) is 2.28. The maximum atomic E-state index is 12.5. The highest BCUT2D eigenvalue weighted by atomic mass is 32.2. The topological polar surface area (TPSA) is 101 Å². The van der Waals surface area contributed by atoms with Gasteiger partial charge in [-0.3, -0.25) is 4.79 Å². The van der Waals surface area contributed by atoms with Crippen molar-refractivity contribution >= 4 is 15.9 Å². The largest absolute Gasteiger partial charge is 0.392 e. The lowest BCUT2D eigenvalue weighted by Gasteiger charge is -2.22. The van der Waals surface area contributed by atoms with Crippen molar-refractivity contribution in [2.75, 3.05) is 6.54 Å². The number of carbonyl (C=O) groups is 1. The number of β-amino-alcohol motifs (C(OH)–C–C–N with tert-alkyl or cyclic N) is 1. The molecule has 1 fully saturated rings. The quantitative estimate of drug-likeness (QED) is 0.789. The number of sulfonamides is 1. The van der Waals surface area contributed by atoms with Crippen LogP contribution in [0.1, 0.15) is 12.0 Å². The Morgan fingerprint density at radius 3 is 2.63 bits per heavy atom. The standard InChI is InChI=1S/C12H16N2O4S/c1-8-4-2-3-5-11(8)19(17,18)14-7-9(15)6-10(14)12(13)16/h2-5,9-10,15H,6-7H2,1H3,(H2,13,16). The van der Waals surface area contributed by atoms with E-state index in [1.165, 1.54) is 6.07 Å². The molecule has 2 rings (SSSR count). The fraction of sp³-hybridized carbons (Fsp3) is 0.417. The maximum absolute atomic E-state index is 12.5. The van der Waals surface area contributed by atoms with Crippen molar-refractivity contribution in [1.29, 1.82) is 0 Å².